The fourth-order valence-corrected chi connectivity index (χ4v) is 4.40. The molecule has 1 amide bonds. The fourth-order valence-electron chi connectivity index (χ4n) is 3.55. The Balaban J connectivity index is 1.63. The minimum Gasteiger partial charge on any atom is -0.482 e. The van der Waals surface area contributed by atoms with Crippen LogP contribution < -0.4 is 14.9 Å². The highest BCUT2D eigenvalue weighted by Crippen LogP contribution is 2.33. The lowest BCUT2D eigenvalue weighted by Crippen LogP contribution is -2.25. The molecule has 0 radical (unpaired) electrons. The number of para-hydroxylation sites is 2. The van der Waals surface area contributed by atoms with Gasteiger partial charge in [-0.2, -0.15) is 5.10 Å². The van der Waals surface area contributed by atoms with E-state index in [1.165, 1.54) is 46.5 Å². The van der Waals surface area contributed by atoms with E-state index in [2.05, 4.69) is 15.4 Å². The molecule has 1 aliphatic rings. The highest BCUT2D eigenvalue weighted by Gasteiger charge is 2.18. The maximum absolute atomic E-state index is 11.8. The number of carbonyl (C=O) groups is 1. The third-order valence-corrected chi connectivity index (χ3v) is 6.13. The average Bonchev–Trinajstić information content (AvgIpc) is 3.29. The zero-order valence-electron chi connectivity index (χ0n) is 18.8. The number of anilines is 1. The molecule has 0 saturated carbocycles. The van der Waals surface area contributed by atoms with Gasteiger partial charge in [-0.3, -0.25) is 25.0 Å². The van der Waals surface area contributed by atoms with Crippen LogP contribution in [0.2, 0.25) is 0 Å². The van der Waals surface area contributed by atoms with E-state index < -0.39 is 9.85 Å². The summed E-state index contributed by atoms with van der Waals surface area (Å²) in [5, 5.41) is 31.5. The van der Waals surface area contributed by atoms with Crippen molar-refractivity contribution in [3.8, 4) is 17.0 Å². The number of rotatable bonds is 6. The summed E-state index contributed by atoms with van der Waals surface area (Å²) >= 11 is 1.22. The number of carbonyl (C=O) groups excluding carboxylic acids is 1. The van der Waals surface area contributed by atoms with Gasteiger partial charge in [-0.25, -0.2) is 9.67 Å². The van der Waals surface area contributed by atoms with Crippen molar-refractivity contribution in [3.05, 3.63) is 103 Å². The highest BCUT2D eigenvalue weighted by molar-refractivity contribution is 7.07. The van der Waals surface area contributed by atoms with E-state index in [1.54, 1.807) is 47.8 Å². The normalized spacial score (nSPS) is 13.2. The molecule has 37 heavy (non-hydrogen) atoms. The van der Waals surface area contributed by atoms with Gasteiger partial charge in [0.1, 0.15) is 11.4 Å². The van der Waals surface area contributed by atoms with Gasteiger partial charge in [0.05, 0.1) is 27.4 Å². The van der Waals surface area contributed by atoms with E-state index >= 15 is 0 Å². The van der Waals surface area contributed by atoms with Crippen LogP contribution in [0.4, 0.5) is 22.7 Å². The Hall–Kier alpha value is -5.17. The van der Waals surface area contributed by atoms with E-state index in [0.29, 0.717) is 33.1 Å². The van der Waals surface area contributed by atoms with Crippen molar-refractivity contribution < 1.29 is 19.4 Å². The Labute approximate surface area is 212 Å². The van der Waals surface area contributed by atoms with E-state index in [0.717, 1.165) is 0 Å². The van der Waals surface area contributed by atoms with Crippen LogP contribution in [0.25, 0.3) is 11.3 Å². The summed E-state index contributed by atoms with van der Waals surface area (Å²) in [5.74, 6) is 0.260. The first kappa shape index (κ1) is 23.6. The van der Waals surface area contributed by atoms with E-state index in [9.17, 15) is 25.0 Å². The highest BCUT2D eigenvalue weighted by atomic mass is 32.1. The van der Waals surface area contributed by atoms with Crippen LogP contribution in [0, 0.1) is 20.2 Å². The number of hydrogen-bond donors (Lipinski definition) is 1. The molecule has 0 spiro atoms. The van der Waals surface area contributed by atoms with Gasteiger partial charge in [0.2, 0.25) is 4.80 Å². The summed E-state index contributed by atoms with van der Waals surface area (Å²) in [5.41, 5.74) is 2.34. The molecule has 0 atom stereocenters. The molecule has 0 bridgehead atoms. The number of amides is 1. The average molecular weight is 516 g/mol. The van der Waals surface area contributed by atoms with Crippen LogP contribution in [0.1, 0.15) is 5.56 Å². The first-order valence-electron chi connectivity index (χ1n) is 10.7. The molecule has 0 saturated heterocycles. The van der Waals surface area contributed by atoms with Crippen molar-refractivity contribution in [1.82, 2.24) is 4.68 Å². The van der Waals surface area contributed by atoms with Crippen LogP contribution in [-0.2, 0) is 4.79 Å². The molecule has 1 aromatic heterocycles. The van der Waals surface area contributed by atoms with E-state index in [1.807, 2.05) is 0 Å². The molecule has 184 valence electrons. The molecule has 12 nitrogen and oxygen atoms in total. The SMILES string of the molecule is O=C1COc2ccc(-c3csc(=Nc4ccccc4[N+](=O)[O-])n3N=Cc3ccc([N+](=O)[O-])cc3)cc2N1. The van der Waals surface area contributed by atoms with Crippen LogP contribution >= 0.6 is 11.3 Å². The number of nitrogens with zero attached hydrogens (tertiary/aromatic N) is 5. The van der Waals surface area contributed by atoms with Crippen molar-refractivity contribution >= 4 is 46.2 Å². The van der Waals surface area contributed by atoms with Crippen molar-refractivity contribution in [1.29, 1.82) is 0 Å². The number of aromatic nitrogens is 1. The minimum absolute atomic E-state index is 0.0496. The first-order chi connectivity index (χ1) is 17.9. The molecule has 0 unspecified atom stereocenters. The second kappa shape index (κ2) is 9.83. The summed E-state index contributed by atoms with van der Waals surface area (Å²) in [6.07, 6.45) is 1.50. The molecule has 0 aliphatic carbocycles. The Morgan fingerprint density at radius 3 is 2.57 bits per heavy atom. The molecular formula is C24H16N6O6S. The summed E-state index contributed by atoms with van der Waals surface area (Å²) in [4.78, 5) is 38.1. The van der Waals surface area contributed by atoms with Gasteiger partial charge in [-0.1, -0.05) is 12.1 Å². The molecule has 1 N–H and O–H groups in total. The maximum Gasteiger partial charge on any atom is 0.294 e. The summed E-state index contributed by atoms with van der Waals surface area (Å²) < 4.78 is 6.94. The number of nitro groups is 2. The maximum atomic E-state index is 11.8. The summed E-state index contributed by atoms with van der Waals surface area (Å²) in [6, 6.07) is 17.2. The number of ether oxygens (including phenoxy) is 1. The van der Waals surface area contributed by atoms with E-state index in [-0.39, 0.29) is 29.6 Å². The molecule has 1 aliphatic heterocycles. The molecule has 4 aromatic rings. The van der Waals surface area contributed by atoms with Gasteiger partial charge in [0.15, 0.2) is 6.61 Å². The predicted molar refractivity (Wildman–Crippen MR) is 136 cm³/mol. The van der Waals surface area contributed by atoms with E-state index in [4.69, 9.17) is 4.74 Å². The number of benzene rings is 3. The molecule has 13 heteroatoms. The van der Waals surface area contributed by atoms with Crippen molar-refractivity contribution in [3.63, 3.8) is 0 Å². The van der Waals surface area contributed by atoms with Gasteiger partial charge in [-0.15, -0.1) is 11.3 Å². The minimum atomic E-state index is -0.510. The molecule has 2 heterocycles. The Bertz CT molecular complexity index is 1640. The number of fused-ring (bicyclic) bond motifs is 1. The first-order valence-corrected chi connectivity index (χ1v) is 11.6. The lowest BCUT2D eigenvalue weighted by molar-refractivity contribution is -0.384. The second-order valence-corrected chi connectivity index (χ2v) is 8.55. The zero-order valence-corrected chi connectivity index (χ0v) is 19.6. The van der Waals surface area contributed by atoms with Crippen LogP contribution in [0.5, 0.6) is 5.75 Å². The van der Waals surface area contributed by atoms with Crippen molar-refractivity contribution in [2.24, 2.45) is 10.1 Å². The third kappa shape index (κ3) is 4.97. The predicted octanol–water partition coefficient (Wildman–Crippen LogP) is 4.48. The number of non-ortho nitro benzene ring substituents is 1. The van der Waals surface area contributed by atoms with Crippen LogP contribution in [0.15, 0.2) is 82.2 Å². The second-order valence-electron chi connectivity index (χ2n) is 7.71. The fraction of sp³-hybridized carbons (Fsp3) is 0.0417. The molecule has 0 fully saturated rings. The Morgan fingerprint density at radius 2 is 1.81 bits per heavy atom. The van der Waals surface area contributed by atoms with Gasteiger partial charge >= 0.3 is 0 Å². The number of thiazole rings is 1. The molecule has 3 aromatic carbocycles. The molecular weight excluding hydrogens is 500 g/mol. The quantitative estimate of drug-likeness (QED) is 0.226. The van der Waals surface area contributed by atoms with Crippen LogP contribution in [0.3, 0.4) is 0 Å². The van der Waals surface area contributed by atoms with Crippen molar-refractivity contribution in [2.75, 3.05) is 11.9 Å². The largest absolute Gasteiger partial charge is 0.482 e. The van der Waals surface area contributed by atoms with Crippen molar-refractivity contribution in [2.45, 2.75) is 0 Å². The van der Waals surface area contributed by atoms with Crippen LogP contribution in [-0.4, -0.2) is 33.3 Å². The smallest absolute Gasteiger partial charge is 0.294 e. The summed E-state index contributed by atoms with van der Waals surface area (Å²) in [7, 11) is 0. The summed E-state index contributed by atoms with van der Waals surface area (Å²) in [6.45, 7) is -0.0663. The lowest BCUT2D eigenvalue weighted by Gasteiger charge is -2.18. The molecule has 5 rings (SSSR count). The Morgan fingerprint density at radius 1 is 1.03 bits per heavy atom. The Kier molecular flexibility index (Phi) is 6.26. The van der Waals surface area contributed by atoms with Gasteiger partial charge in [0, 0.05) is 29.1 Å². The van der Waals surface area contributed by atoms with Gasteiger partial charge < -0.3 is 10.1 Å². The van der Waals surface area contributed by atoms with Gasteiger partial charge in [-0.05, 0) is 42.0 Å². The monoisotopic (exact) mass is 516 g/mol. The number of hydrogen-bond acceptors (Lipinski definition) is 9. The third-order valence-electron chi connectivity index (χ3n) is 5.31. The zero-order chi connectivity index (χ0) is 25.9. The number of nitrogens with one attached hydrogen (secondary N) is 1. The lowest BCUT2D eigenvalue weighted by atomic mass is 10.1. The topological polar surface area (TPSA) is 154 Å². The number of nitro benzene ring substituents is 2. The van der Waals surface area contributed by atoms with Gasteiger partial charge in [0.25, 0.3) is 17.3 Å². The standard InChI is InChI=1S/C24H16N6O6S/c31-23-13-36-22-10-7-16(11-19(22)26-23)21-14-37-24(27-18-3-1-2-4-20(18)30(34)35)28(21)25-12-15-5-8-17(9-6-15)29(32)33/h1-12,14H,13H2,(H,26,31).